The van der Waals surface area contributed by atoms with Crippen LogP contribution in [0.4, 0.5) is 26.3 Å². The van der Waals surface area contributed by atoms with Gasteiger partial charge in [-0.15, -0.1) is 0 Å². The Hall–Kier alpha value is -0.360. The smallest absolute Gasteiger partial charge is 0.435 e. The summed E-state index contributed by atoms with van der Waals surface area (Å²) in [4.78, 5) is 12.0. The Bertz CT molecular complexity index is 740. The largest absolute Gasteiger partial charge is 0.438 e. The highest BCUT2D eigenvalue weighted by atomic mass is 127. The van der Waals surface area contributed by atoms with Crippen LogP contribution in [0.2, 0.25) is 0 Å². The van der Waals surface area contributed by atoms with Crippen molar-refractivity contribution in [1.29, 1.82) is 0 Å². The van der Waals surface area contributed by atoms with Crippen molar-refractivity contribution in [2.45, 2.75) is 18.0 Å². The first kappa shape index (κ1) is 22.7. The summed E-state index contributed by atoms with van der Waals surface area (Å²) >= 11 is 2.97. The third-order valence-electron chi connectivity index (χ3n) is 2.74. The molecule has 25 heavy (non-hydrogen) atoms. The van der Waals surface area contributed by atoms with Gasteiger partial charge in [0.15, 0.2) is 0 Å². The average molecular weight is 618 g/mol. The van der Waals surface area contributed by atoms with Crippen molar-refractivity contribution < 1.29 is 48.8 Å². The molecule has 0 fully saturated rings. The van der Waals surface area contributed by atoms with E-state index in [0.29, 0.717) is 0 Å². The molecule has 0 amide bonds. The van der Waals surface area contributed by atoms with Crippen LogP contribution in [0.15, 0.2) is 18.2 Å². The maximum absolute atomic E-state index is 13.1. The minimum Gasteiger partial charge on any atom is -0.435 e. The van der Waals surface area contributed by atoms with Crippen molar-refractivity contribution in [3.8, 4) is 0 Å². The molecule has 0 bridgehead atoms. The van der Waals surface area contributed by atoms with E-state index in [1.54, 1.807) is 0 Å². The molecule has 0 spiro atoms. The SMILES string of the molecule is O=C(OC(CS(=O)(=O)O)(C(F)(F)F)C(F)(F)F)c1c(I)cccc1I. The quantitative estimate of drug-likeness (QED) is 0.241. The summed E-state index contributed by atoms with van der Waals surface area (Å²) in [5.74, 6) is -4.95. The van der Waals surface area contributed by atoms with Crippen LogP contribution in [0.5, 0.6) is 0 Å². The van der Waals surface area contributed by atoms with Crippen LogP contribution in [-0.2, 0) is 14.9 Å². The Morgan fingerprint density at radius 2 is 1.44 bits per heavy atom. The summed E-state index contributed by atoms with van der Waals surface area (Å²) in [7, 11) is -5.82. The van der Waals surface area contributed by atoms with E-state index in [1.165, 1.54) is 63.4 Å². The van der Waals surface area contributed by atoms with E-state index in [0.717, 1.165) is 0 Å². The van der Waals surface area contributed by atoms with Crippen molar-refractivity contribution >= 4 is 61.3 Å². The molecule has 0 saturated heterocycles. The van der Waals surface area contributed by atoms with E-state index >= 15 is 0 Å². The van der Waals surface area contributed by atoms with Crippen molar-refractivity contribution in [2.75, 3.05) is 5.75 Å². The highest BCUT2D eigenvalue weighted by Gasteiger charge is 2.76. The number of halogens is 8. The second-order valence-electron chi connectivity index (χ2n) is 4.53. The predicted molar refractivity (Wildman–Crippen MR) is 88.5 cm³/mol. The fraction of sp³-hybridized carbons (Fsp3) is 0.364. The number of esters is 1. The van der Waals surface area contributed by atoms with Crippen molar-refractivity contribution in [3.05, 3.63) is 30.9 Å². The predicted octanol–water partition coefficient (Wildman–Crippen LogP) is 3.80. The Morgan fingerprint density at radius 1 is 1.04 bits per heavy atom. The van der Waals surface area contributed by atoms with Crippen molar-refractivity contribution in [1.82, 2.24) is 0 Å². The normalized spacial score (nSPS) is 13.6. The van der Waals surface area contributed by atoms with E-state index < -0.39 is 45.4 Å². The van der Waals surface area contributed by atoms with Gasteiger partial charge in [-0.25, -0.2) is 4.79 Å². The minimum atomic E-state index is -6.36. The summed E-state index contributed by atoms with van der Waals surface area (Å²) in [5, 5.41) is 0. The third-order valence-corrected chi connectivity index (χ3v) is 5.30. The zero-order chi connectivity index (χ0) is 19.8. The van der Waals surface area contributed by atoms with Crippen molar-refractivity contribution in [2.24, 2.45) is 0 Å². The zero-order valence-electron chi connectivity index (χ0n) is 11.5. The van der Waals surface area contributed by atoms with Gasteiger partial charge in [-0.1, -0.05) is 6.07 Å². The molecule has 1 rings (SSSR count). The van der Waals surface area contributed by atoms with Gasteiger partial charge in [-0.3, -0.25) is 4.55 Å². The van der Waals surface area contributed by atoms with Gasteiger partial charge in [-0.05, 0) is 57.3 Å². The molecule has 0 saturated carbocycles. The summed E-state index contributed by atoms with van der Waals surface area (Å²) in [6.45, 7) is 0. The lowest BCUT2D eigenvalue weighted by Gasteiger charge is -2.35. The molecule has 1 aromatic rings. The van der Waals surface area contributed by atoms with E-state index in [9.17, 15) is 39.6 Å². The maximum Gasteiger partial charge on any atom is 0.438 e. The number of carbonyl (C=O) groups excluding carboxylic acids is 1. The Kier molecular flexibility index (Phi) is 6.66. The Labute approximate surface area is 164 Å². The van der Waals surface area contributed by atoms with E-state index in [1.807, 2.05) is 0 Å². The highest BCUT2D eigenvalue weighted by Crippen LogP contribution is 2.47. The van der Waals surface area contributed by atoms with E-state index in [2.05, 4.69) is 4.74 Å². The van der Waals surface area contributed by atoms with Crippen LogP contribution in [0.1, 0.15) is 10.4 Å². The number of hydrogen-bond donors (Lipinski definition) is 1. The van der Waals surface area contributed by atoms with Gasteiger partial charge in [0.05, 0.1) is 5.56 Å². The maximum atomic E-state index is 13.1. The monoisotopic (exact) mass is 618 g/mol. The molecule has 0 radical (unpaired) electrons. The molecule has 0 unspecified atom stereocenters. The van der Waals surface area contributed by atoms with Gasteiger partial charge < -0.3 is 4.74 Å². The minimum absolute atomic E-state index is 0.0143. The first-order valence-electron chi connectivity index (χ1n) is 5.78. The summed E-state index contributed by atoms with van der Waals surface area (Å²) < 4.78 is 112. The summed E-state index contributed by atoms with van der Waals surface area (Å²) in [5.41, 5.74) is -6.02. The topological polar surface area (TPSA) is 80.7 Å². The number of ether oxygens (including phenoxy) is 1. The number of rotatable bonds is 4. The van der Waals surface area contributed by atoms with Gasteiger partial charge in [0.2, 0.25) is 0 Å². The molecule has 0 aliphatic rings. The van der Waals surface area contributed by atoms with Crippen LogP contribution in [0.3, 0.4) is 0 Å². The summed E-state index contributed by atoms with van der Waals surface area (Å²) in [6, 6.07) is 3.84. The van der Waals surface area contributed by atoms with Gasteiger partial charge in [0, 0.05) is 7.14 Å². The Morgan fingerprint density at radius 3 is 1.76 bits per heavy atom. The van der Waals surface area contributed by atoms with Crippen LogP contribution < -0.4 is 0 Å². The molecule has 1 N–H and O–H groups in total. The van der Waals surface area contributed by atoms with Crippen molar-refractivity contribution in [3.63, 3.8) is 0 Å². The second kappa shape index (κ2) is 7.34. The molecule has 5 nitrogen and oxygen atoms in total. The summed E-state index contributed by atoms with van der Waals surface area (Å²) in [6.07, 6.45) is -12.7. The van der Waals surface area contributed by atoms with E-state index in [4.69, 9.17) is 4.55 Å². The van der Waals surface area contributed by atoms with Crippen LogP contribution in [0.25, 0.3) is 0 Å². The lowest BCUT2D eigenvalue weighted by Crippen LogP contribution is -2.63. The Balaban J connectivity index is 3.56. The molecule has 0 aromatic heterocycles. The molecular weight excluding hydrogens is 612 g/mol. The molecule has 0 aliphatic heterocycles. The fourth-order valence-electron chi connectivity index (χ4n) is 1.63. The van der Waals surface area contributed by atoms with Gasteiger partial charge in [0.1, 0.15) is 5.75 Å². The number of carbonyl (C=O) groups is 1. The number of alkyl halides is 6. The zero-order valence-corrected chi connectivity index (χ0v) is 16.6. The van der Waals surface area contributed by atoms with Gasteiger partial charge in [0.25, 0.3) is 10.1 Å². The fourth-order valence-corrected chi connectivity index (χ4v) is 4.48. The lowest BCUT2D eigenvalue weighted by molar-refractivity contribution is -0.356. The lowest BCUT2D eigenvalue weighted by atomic mass is 10.1. The molecule has 1 aromatic carbocycles. The molecule has 14 heteroatoms. The number of benzene rings is 1. The molecule has 142 valence electrons. The first-order chi connectivity index (χ1) is 11.0. The van der Waals surface area contributed by atoms with E-state index in [-0.39, 0.29) is 7.14 Å². The molecule has 0 heterocycles. The molecular formula is C11H6F6I2O5S. The third kappa shape index (κ3) is 5.09. The number of hydrogen-bond acceptors (Lipinski definition) is 4. The van der Waals surface area contributed by atoms with Gasteiger partial charge in [-0.2, -0.15) is 34.8 Å². The van der Waals surface area contributed by atoms with Crippen LogP contribution in [0, 0.1) is 7.14 Å². The highest BCUT2D eigenvalue weighted by molar-refractivity contribution is 14.1. The second-order valence-corrected chi connectivity index (χ2v) is 8.31. The molecule has 0 atom stereocenters. The first-order valence-corrected chi connectivity index (χ1v) is 9.54. The van der Waals surface area contributed by atoms with Crippen LogP contribution in [-0.4, -0.2) is 42.6 Å². The molecule has 0 aliphatic carbocycles. The van der Waals surface area contributed by atoms with Crippen LogP contribution >= 0.6 is 45.2 Å². The average Bonchev–Trinajstić information content (AvgIpc) is 2.33. The van der Waals surface area contributed by atoms with Gasteiger partial charge >= 0.3 is 23.9 Å². The standard InChI is InChI=1S/C11H6F6I2O5S/c12-10(13,14)9(11(15,16)17,4-25(21,22)23)24-8(20)7-5(18)2-1-3-6(7)19/h1-3H,4H2,(H,21,22,23).